The van der Waals surface area contributed by atoms with E-state index in [0.717, 1.165) is 11.3 Å². The Hall–Kier alpha value is 0.440. The van der Waals surface area contributed by atoms with Crippen molar-refractivity contribution in [2.24, 2.45) is 11.7 Å². The fourth-order valence-electron chi connectivity index (χ4n) is 1.78. The van der Waals surface area contributed by atoms with Gasteiger partial charge in [-0.05, 0) is 12.0 Å². The molecule has 9 heteroatoms. The second-order valence-electron chi connectivity index (χ2n) is 4.15. The Balaban J connectivity index is 0.00000162. The van der Waals surface area contributed by atoms with Gasteiger partial charge in [0.25, 0.3) is 0 Å². The molecule has 1 aromatic heterocycles. The Morgan fingerprint density at radius 3 is 2.44 bits per heavy atom. The molecule has 0 amide bonds. The predicted octanol–water partition coefficient (Wildman–Crippen LogP) is 2.44. The summed E-state index contributed by atoms with van der Waals surface area (Å²) >= 11 is 12.7. The molecule has 0 bridgehead atoms. The number of nitrogens with two attached hydrogens (primary N) is 1. The first-order valence-electron chi connectivity index (χ1n) is 5.03. The zero-order chi connectivity index (χ0) is 12.8. The molecule has 2 rings (SSSR count). The standard InChI is InChI=1S/C9H12Cl2N2O2S2.ClH/c1-5-3-13(4-6(5)12)17(14,15)7-2-8(10)16-9(7)11;/h2,5-6H,3-4,12H2,1H3;1H. The number of nitrogens with zero attached hydrogens (tertiary/aromatic N) is 1. The van der Waals surface area contributed by atoms with E-state index in [1.165, 1.54) is 10.4 Å². The molecular formula is C9H13Cl3N2O2S2. The van der Waals surface area contributed by atoms with Crippen LogP contribution in [0.1, 0.15) is 6.92 Å². The van der Waals surface area contributed by atoms with Crippen molar-refractivity contribution in [2.45, 2.75) is 17.9 Å². The van der Waals surface area contributed by atoms with Gasteiger partial charge in [-0.15, -0.1) is 23.7 Å². The highest BCUT2D eigenvalue weighted by atomic mass is 35.5. The lowest BCUT2D eigenvalue weighted by Gasteiger charge is -2.15. The molecular weight excluding hydrogens is 339 g/mol. The van der Waals surface area contributed by atoms with Gasteiger partial charge in [0.15, 0.2) is 0 Å². The third-order valence-corrected chi connectivity index (χ3v) is 6.46. The minimum atomic E-state index is -3.57. The van der Waals surface area contributed by atoms with Gasteiger partial charge in [-0.2, -0.15) is 4.31 Å². The molecule has 1 aliphatic heterocycles. The summed E-state index contributed by atoms with van der Waals surface area (Å²) in [6.45, 7) is 2.68. The summed E-state index contributed by atoms with van der Waals surface area (Å²) in [4.78, 5) is 0.0791. The van der Waals surface area contributed by atoms with Gasteiger partial charge in [-0.25, -0.2) is 8.42 Å². The van der Waals surface area contributed by atoms with Gasteiger partial charge >= 0.3 is 0 Å². The van der Waals surface area contributed by atoms with Crippen molar-refractivity contribution >= 4 is 57.0 Å². The molecule has 2 unspecified atom stereocenters. The third-order valence-electron chi connectivity index (χ3n) is 2.88. The molecule has 1 aromatic rings. The summed E-state index contributed by atoms with van der Waals surface area (Å²) < 4.78 is 26.5. The Bertz CT molecular complexity index is 522. The summed E-state index contributed by atoms with van der Waals surface area (Å²) in [6.07, 6.45) is 0. The normalized spacial score (nSPS) is 25.1. The fraction of sp³-hybridized carbons (Fsp3) is 0.556. The summed E-state index contributed by atoms with van der Waals surface area (Å²) in [5.74, 6) is 0.151. The van der Waals surface area contributed by atoms with Crippen LogP contribution in [0.2, 0.25) is 8.67 Å². The van der Waals surface area contributed by atoms with Gasteiger partial charge in [0.2, 0.25) is 10.0 Å². The topological polar surface area (TPSA) is 63.4 Å². The molecule has 0 aliphatic carbocycles. The van der Waals surface area contributed by atoms with E-state index in [1.54, 1.807) is 0 Å². The first-order valence-corrected chi connectivity index (χ1v) is 8.04. The highest BCUT2D eigenvalue weighted by molar-refractivity contribution is 7.89. The van der Waals surface area contributed by atoms with Crippen molar-refractivity contribution < 1.29 is 8.42 Å². The molecule has 2 heterocycles. The molecule has 0 aromatic carbocycles. The molecule has 0 spiro atoms. The molecule has 1 aliphatic rings. The molecule has 0 radical (unpaired) electrons. The van der Waals surface area contributed by atoms with Crippen LogP contribution < -0.4 is 5.73 Å². The largest absolute Gasteiger partial charge is 0.326 e. The third kappa shape index (κ3) is 2.95. The number of sulfonamides is 1. The average Bonchev–Trinajstić information content (AvgIpc) is 2.72. The summed E-state index contributed by atoms with van der Waals surface area (Å²) in [6, 6.07) is 1.26. The lowest BCUT2D eigenvalue weighted by Crippen LogP contribution is -2.32. The Morgan fingerprint density at radius 1 is 1.44 bits per heavy atom. The maximum absolute atomic E-state index is 12.3. The van der Waals surface area contributed by atoms with E-state index < -0.39 is 10.0 Å². The fourth-order valence-corrected chi connectivity index (χ4v) is 5.47. The number of rotatable bonds is 2. The first-order chi connectivity index (χ1) is 7.82. The second-order valence-corrected chi connectivity index (χ2v) is 8.34. The molecule has 2 N–H and O–H groups in total. The Morgan fingerprint density at radius 2 is 2.06 bits per heavy atom. The van der Waals surface area contributed by atoms with Crippen molar-refractivity contribution in [2.75, 3.05) is 13.1 Å². The van der Waals surface area contributed by atoms with Crippen molar-refractivity contribution in [1.82, 2.24) is 4.31 Å². The summed E-state index contributed by atoms with van der Waals surface area (Å²) in [5, 5.41) is 0. The lowest BCUT2D eigenvalue weighted by molar-refractivity contribution is 0.464. The van der Waals surface area contributed by atoms with Crippen molar-refractivity contribution in [3.05, 3.63) is 14.7 Å². The highest BCUT2D eigenvalue weighted by Crippen LogP contribution is 2.36. The molecule has 2 atom stereocenters. The molecule has 0 saturated carbocycles. The van der Waals surface area contributed by atoms with Crippen LogP contribution in [0.15, 0.2) is 11.0 Å². The van der Waals surface area contributed by atoms with Crippen molar-refractivity contribution in [1.29, 1.82) is 0 Å². The zero-order valence-corrected chi connectivity index (χ0v) is 13.4. The minimum Gasteiger partial charge on any atom is -0.326 e. The van der Waals surface area contributed by atoms with E-state index in [1.807, 2.05) is 6.92 Å². The van der Waals surface area contributed by atoms with Crippen LogP contribution in [0.25, 0.3) is 0 Å². The van der Waals surface area contributed by atoms with Gasteiger partial charge in [0.05, 0.1) is 4.34 Å². The predicted molar refractivity (Wildman–Crippen MR) is 77.5 cm³/mol. The van der Waals surface area contributed by atoms with Gasteiger partial charge in [0.1, 0.15) is 9.23 Å². The zero-order valence-electron chi connectivity index (χ0n) is 9.47. The number of halogens is 3. The minimum absolute atomic E-state index is 0. The molecule has 4 nitrogen and oxygen atoms in total. The van der Waals surface area contributed by atoms with Gasteiger partial charge in [-0.3, -0.25) is 0 Å². The van der Waals surface area contributed by atoms with Crippen LogP contribution in [0, 0.1) is 5.92 Å². The maximum atomic E-state index is 12.3. The van der Waals surface area contributed by atoms with E-state index in [0.29, 0.717) is 17.4 Å². The molecule has 1 fully saturated rings. The van der Waals surface area contributed by atoms with E-state index in [2.05, 4.69) is 0 Å². The second kappa shape index (κ2) is 5.83. The summed E-state index contributed by atoms with van der Waals surface area (Å²) in [5.41, 5.74) is 5.82. The Kier molecular flexibility index (Phi) is 5.34. The van der Waals surface area contributed by atoms with Gasteiger partial charge < -0.3 is 5.73 Å². The van der Waals surface area contributed by atoms with E-state index in [9.17, 15) is 8.42 Å². The number of thiophene rings is 1. The summed E-state index contributed by atoms with van der Waals surface area (Å²) in [7, 11) is -3.57. The highest BCUT2D eigenvalue weighted by Gasteiger charge is 2.36. The van der Waals surface area contributed by atoms with Crippen LogP contribution in [-0.2, 0) is 10.0 Å². The smallest absolute Gasteiger partial charge is 0.245 e. The van der Waals surface area contributed by atoms with Crippen molar-refractivity contribution in [3.63, 3.8) is 0 Å². The number of hydrogen-bond donors (Lipinski definition) is 1. The molecule has 1 saturated heterocycles. The average molecular weight is 352 g/mol. The lowest BCUT2D eigenvalue weighted by atomic mass is 10.1. The van der Waals surface area contributed by atoms with Crippen molar-refractivity contribution in [3.8, 4) is 0 Å². The van der Waals surface area contributed by atoms with E-state index >= 15 is 0 Å². The molecule has 104 valence electrons. The van der Waals surface area contributed by atoms with E-state index in [4.69, 9.17) is 28.9 Å². The monoisotopic (exact) mass is 350 g/mol. The number of hydrogen-bond acceptors (Lipinski definition) is 4. The van der Waals surface area contributed by atoms with Crippen LogP contribution in [0.5, 0.6) is 0 Å². The maximum Gasteiger partial charge on any atom is 0.245 e. The molecule has 18 heavy (non-hydrogen) atoms. The first kappa shape index (κ1) is 16.5. The van der Waals surface area contributed by atoms with Crippen LogP contribution >= 0.6 is 46.9 Å². The quantitative estimate of drug-likeness (QED) is 0.890. The Labute approximate surface area is 127 Å². The SMILES string of the molecule is CC1CN(S(=O)(=O)c2cc(Cl)sc2Cl)CC1N.Cl. The van der Waals surface area contributed by atoms with Gasteiger partial charge in [-0.1, -0.05) is 30.1 Å². The van der Waals surface area contributed by atoms with E-state index in [-0.39, 0.29) is 33.6 Å². The van der Waals surface area contributed by atoms with Crippen LogP contribution in [0.3, 0.4) is 0 Å². The van der Waals surface area contributed by atoms with Crippen LogP contribution in [0.4, 0.5) is 0 Å². The van der Waals surface area contributed by atoms with Gasteiger partial charge in [0, 0.05) is 19.1 Å². The van der Waals surface area contributed by atoms with Crippen LogP contribution in [-0.4, -0.2) is 31.9 Å².